The number of nitrogens with zero attached hydrogens (tertiary/aromatic N) is 4. The summed E-state index contributed by atoms with van der Waals surface area (Å²) in [4.78, 5) is 18.1. The van der Waals surface area contributed by atoms with Crippen molar-refractivity contribution in [3.8, 4) is 34.2 Å². The van der Waals surface area contributed by atoms with E-state index in [9.17, 15) is 0 Å². The smallest absolute Gasteiger partial charge is 0.164 e. The second-order valence-corrected chi connectivity index (χ2v) is 16.2. The topological polar surface area (TPSA) is 68.2 Å². The van der Waals surface area contributed by atoms with Crippen LogP contribution in [0.2, 0.25) is 0 Å². The molecule has 0 saturated carbocycles. The Labute approximate surface area is 353 Å². The first-order valence-electron chi connectivity index (χ1n) is 20.9. The summed E-state index contributed by atoms with van der Waals surface area (Å²) in [5, 5.41) is 6.36. The molecule has 0 bridgehead atoms. The second kappa shape index (κ2) is 14.6. The number of aromatic nitrogens is 3. The lowest BCUT2D eigenvalue weighted by Gasteiger charge is -2.39. The summed E-state index contributed by atoms with van der Waals surface area (Å²) in [7, 11) is 0. The number of para-hydroxylation sites is 1. The quantitative estimate of drug-likeness (QED) is 0.153. The first kappa shape index (κ1) is 36.5. The Balaban J connectivity index is 1.12. The van der Waals surface area contributed by atoms with E-state index in [0.717, 1.165) is 71.8 Å². The molecule has 11 rings (SSSR count). The van der Waals surface area contributed by atoms with Gasteiger partial charge in [0.05, 0.1) is 0 Å². The lowest BCUT2D eigenvalue weighted by Crippen LogP contribution is -2.38. The summed E-state index contributed by atoms with van der Waals surface area (Å²) in [6.45, 7) is 11.3. The van der Waals surface area contributed by atoms with Crippen molar-refractivity contribution in [2.75, 3.05) is 4.90 Å². The third-order valence-electron chi connectivity index (χ3n) is 12.5. The van der Waals surface area contributed by atoms with E-state index in [1.165, 1.54) is 22.0 Å². The minimum absolute atomic E-state index is 0.0917. The van der Waals surface area contributed by atoms with E-state index >= 15 is 0 Å². The molecule has 0 aliphatic heterocycles. The van der Waals surface area contributed by atoms with Crippen molar-refractivity contribution in [3.63, 3.8) is 0 Å². The highest BCUT2D eigenvalue weighted by Gasteiger charge is 2.30. The Morgan fingerprint density at radius 3 is 1.90 bits per heavy atom. The van der Waals surface area contributed by atoms with Gasteiger partial charge in [-0.05, 0) is 90.2 Å². The van der Waals surface area contributed by atoms with Gasteiger partial charge in [-0.1, -0.05) is 135 Å². The molecule has 61 heavy (non-hydrogen) atoms. The van der Waals surface area contributed by atoms with Crippen molar-refractivity contribution in [1.82, 2.24) is 15.0 Å². The van der Waals surface area contributed by atoms with Gasteiger partial charge in [0.1, 0.15) is 22.3 Å². The fourth-order valence-corrected chi connectivity index (χ4v) is 9.29. The molecule has 1 aliphatic rings. The number of aryl methyl sites for hydroxylation is 1. The van der Waals surface area contributed by atoms with Gasteiger partial charge >= 0.3 is 0 Å². The number of hydrogen-bond donors (Lipinski definition) is 0. The predicted molar refractivity (Wildman–Crippen MR) is 251 cm³/mol. The van der Waals surface area contributed by atoms with Crippen LogP contribution in [0.25, 0.3) is 88.8 Å². The Morgan fingerprint density at radius 1 is 0.574 bits per heavy atom. The van der Waals surface area contributed by atoms with Gasteiger partial charge in [-0.25, -0.2) is 15.0 Å². The molecule has 0 radical (unpaired) electrons. The maximum atomic E-state index is 6.65. The Kier molecular flexibility index (Phi) is 8.74. The molecule has 0 fully saturated rings. The number of rotatable bonds is 8. The normalized spacial score (nSPS) is 15.1. The maximum Gasteiger partial charge on any atom is 0.164 e. The first-order chi connectivity index (χ1) is 29.9. The van der Waals surface area contributed by atoms with E-state index in [1.807, 2.05) is 72.8 Å². The standard InChI is InChI=1S/C55H42N4O2/c1-33-16-8-11-21-41(33)35(3)36(4)59(46-31-39-20-10-9-19-38(39)30-34(46)2)40-28-29-48-45(32-40)52-44(24-15-27-50(52)61-48)55-57-53(37-17-6-5-7-18-37)56-54(58-55)43-23-14-26-49-51(43)42-22-12-13-25-47(42)60-49/h5-32,35-36,41H,1H2,2-4H3/t35-,36+,41?/m0/s1. The van der Waals surface area contributed by atoms with E-state index < -0.39 is 0 Å². The number of anilines is 2. The first-order valence-corrected chi connectivity index (χ1v) is 20.9. The molecule has 6 heteroatoms. The lowest BCUT2D eigenvalue weighted by atomic mass is 9.80. The number of furan rings is 2. The van der Waals surface area contributed by atoms with Gasteiger partial charge in [-0.3, -0.25) is 0 Å². The number of hydrogen-bond acceptors (Lipinski definition) is 6. The zero-order chi connectivity index (χ0) is 41.2. The fraction of sp³-hybridized carbons (Fsp3) is 0.109. The van der Waals surface area contributed by atoms with Crippen LogP contribution in [0.5, 0.6) is 0 Å². The molecule has 3 atom stereocenters. The van der Waals surface area contributed by atoms with Crippen LogP contribution < -0.4 is 4.90 Å². The maximum absolute atomic E-state index is 6.65. The molecular weight excluding hydrogens is 749 g/mol. The fourth-order valence-electron chi connectivity index (χ4n) is 9.29. The van der Waals surface area contributed by atoms with Crippen LogP contribution in [0.4, 0.5) is 11.4 Å². The van der Waals surface area contributed by atoms with Crippen molar-refractivity contribution in [1.29, 1.82) is 0 Å². The van der Waals surface area contributed by atoms with Gasteiger partial charge in [-0.15, -0.1) is 0 Å². The predicted octanol–water partition coefficient (Wildman–Crippen LogP) is 14.6. The van der Waals surface area contributed by atoms with Crippen LogP contribution in [0.3, 0.4) is 0 Å². The summed E-state index contributed by atoms with van der Waals surface area (Å²) in [6, 6.07) is 50.3. The minimum atomic E-state index is 0.0917. The molecule has 294 valence electrons. The zero-order valence-corrected chi connectivity index (χ0v) is 34.2. The summed E-state index contributed by atoms with van der Waals surface area (Å²) >= 11 is 0. The van der Waals surface area contributed by atoms with Crippen molar-refractivity contribution in [2.45, 2.75) is 26.8 Å². The molecule has 0 spiro atoms. The van der Waals surface area contributed by atoms with Gasteiger partial charge in [-0.2, -0.15) is 0 Å². The number of benzene rings is 7. The largest absolute Gasteiger partial charge is 0.456 e. The van der Waals surface area contributed by atoms with Crippen LogP contribution >= 0.6 is 0 Å². The van der Waals surface area contributed by atoms with Gasteiger partial charge < -0.3 is 13.7 Å². The average molecular weight is 791 g/mol. The summed E-state index contributed by atoms with van der Waals surface area (Å²) < 4.78 is 13.0. The van der Waals surface area contributed by atoms with E-state index in [1.54, 1.807) is 0 Å². The Morgan fingerprint density at radius 2 is 1.18 bits per heavy atom. The molecule has 6 nitrogen and oxygen atoms in total. The van der Waals surface area contributed by atoms with Gasteiger partial charge in [0.25, 0.3) is 0 Å². The van der Waals surface area contributed by atoms with Crippen LogP contribution in [-0.2, 0) is 0 Å². The number of fused-ring (bicyclic) bond motifs is 7. The second-order valence-electron chi connectivity index (χ2n) is 16.2. The molecule has 7 aromatic carbocycles. The summed E-state index contributed by atoms with van der Waals surface area (Å²) in [5.41, 5.74) is 10.4. The van der Waals surface area contributed by atoms with Crippen molar-refractivity contribution in [3.05, 3.63) is 188 Å². The molecule has 1 aliphatic carbocycles. The van der Waals surface area contributed by atoms with Gasteiger partial charge in [0.2, 0.25) is 0 Å². The Hall–Kier alpha value is -7.57. The number of allylic oxidation sites excluding steroid dienone is 5. The summed E-state index contributed by atoms with van der Waals surface area (Å²) in [6.07, 6.45) is 8.65. The van der Waals surface area contributed by atoms with E-state index in [0.29, 0.717) is 17.5 Å². The molecule has 0 N–H and O–H groups in total. The van der Waals surface area contributed by atoms with Crippen LogP contribution in [0.1, 0.15) is 19.4 Å². The third-order valence-corrected chi connectivity index (χ3v) is 12.5. The van der Waals surface area contributed by atoms with E-state index in [2.05, 4.69) is 129 Å². The van der Waals surface area contributed by atoms with Crippen molar-refractivity contribution in [2.24, 2.45) is 11.8 Å². The third kappa shape index (κ3) is 6.22. The zero-order valence-electron chi connectivity index (χ0n) is 34.2. The van der Waals surface area contributed by atoms with E-state index in [4.69, 9.17) is 23.8 Å². The molecule has 0 saturated heterocycles. The SMILES string of the molecule is C=C1C=CC=CC1[C@@H](C)[C@@H](C)N(c1ccc2oc3cccc(-c4nc(-c5ccccc5)nc(-c5cccc6oc7ccccc7c56)n4)c3c2c1)c1cc2ccccc2cc1C. The van der Waals surface area contributed by atoms with Crippen LogP contribution in [-0.4, -0.2) is 21.0 Å². The van der Waals surface area contributed by atoms with Gasteiger partial charge in [0, 0.05) is 61.6 Å². The monoisotopic (exact) mass is 790 g/mol. The van der Waals surface area contributed by atoms with Crippen LogP contribution in [0.15, 0.2) is 191 Å². The molecule has 0 amide bonds. The molecule has 3 heterocycles. The average Bonchev–Trinajstić information content (AvgIpc) is 3.88. The minimum Gasteiger partial charge on any atom is -0.456 e. The van der Waals surface area contributed by atoms with E-state index in [-0.39, 0.29) is 17.9 Å². The van der Waals surface area contributed by atoms with Gasteiger partial charge in [0.15, 0.2) is 17.5 Å². The van der Waals surface area contributed by atoms with Crippen molar-refractivity contribution >= 4 is 66.0 Å². The molecule has 3 aromatic heterocycles. The molecule has 1 unspecified atom stereocenters. The Bertz CT molecular complexity index is 3410. The molecular formula is C55H42N4O2. The summed E-state index contributed by atoms with van der Waals surface area (Å²) in [5.74, 6) is 2.16. The van der Waals surface area contributed by atoms with Crippen LogP contribution in [0, 0.1) is 18.8 Å². The molecule has 10 aromatic rings. The highest BCUT2D eigenvalue weighted by Crippen LogP contribution is 2.44. The highest BCUT2D eigenvalue weighted by atomic mass is 16.3. The lowest BCUT2D eigenvalue weighted by molar-refractivity contribution is 0.408. The highest BCUT2D eigenvalue weighted by molar-refractivity contribution is 6.14. The van der Waals surface area contributed by atoms with Crippen molar-refractivity contribution < 1.29 is 8.83 Å².